The first kappa shape index (κ1) is 25.6. The average molecular weight is 511 g/mol. The molecule has 0 radical (unpaired) electrons. The van der Waals surface area contributed by atoms with Crippen molar-refractivity contribution in [3.05, 3.63) is 119 Å². The summed E-state index contributed by atoms with van der Waals surface area (Å²) in [5, 5.41) is 2.93. The van der Waals surface area contributed by atoms with Gasteiger partial charge in [0.25, 0.3) is 5.91 Å². The molecule has 38 heavy (non-hydrogen) atoms. The van der Waals surface area contributed by atoms with Gasteiger partial charge in [0.1, 0.15) is 5.76 Å². The van der Waals surface area contributed by atoms with Gasteiger partial charge in [0.15, 0.2) is 17.3 Å². The van der Waals surface area contributed by atoms with E-state index >= 15 is 0 Å². The number of fused-ring (bicyclic) bond motifs is 1. The minimum Gasteiger partial charge on any atom is -0.455 e. The van der Waals surface area contributed by atoms with Crippen LogP contribution in [0.3, 0.4) is 0 Å². The number of hydrogen-bond donors (Lipinski definition) is 1. The molecule has 1 N–H and O–H groups in total. The molecule has 0 fully saturated rings. The van der Waals surface area contributed by atoms with Crippen LogP contribution in [0.25, 0.3) is 0 Å². The maximum atomic E-state index is 12.8. The van der Waals surface area contributed by atoms with Crippen molar-refractivity contribution in [3.8, 4) is 11.5 Å². The van der Waals surface area contributed by atoms with Crippen molar-refractivity contribution in [1.29, 1.82) is 0 Å². The molecule has 0 saturated heterocycles. The Morgan fingerprint density at radius 2 is 1.47 bits per heavy atom. The molecule has 1 aromatic heterocycles. The summed E-state index contributed by atoms with van der Waals surface area (Å²) in [6.45, 7) is 9.40. The fourth-order valence-electron chi connectivity index (χ4n) is 4.50. The van der Waals surface area contributed by atoms with Gasteiger partial charge in [-0.2, -0.15) is 0 Å². The van der Waals surface area contributed by atoms with Crippen LogP contribution in [0.15, 0.2) is 89.3 Å². The summed E-state index contributed by atoms with van der Waals surface area (Å²) < 4.78 is 16.7. The molecular weight excluding hydrogens is 476 g/mol. The summed E-state index contributed by atoms with van der Waals surface area (Å²) in [6, 6.07) is 28.5. The number of carbonyl (C=O) groups excluding carboxylic acids is 1. The Bertz CT molecular complexity index is 1370. The maximum absolute atomic E-state index is 12.8. The minimum absolute atomic E-state index is 0.121. The standard InChI is InChI=1S/C32H34N2O4/c1-32(2,3)26-12-9-24(10-13-26)20-34(19-23-7-5-4-6-8-23)21-27-14-16-29(38-27)31(35)33-18-25-11-15-28-30(17-25)37-22-36-28/h4-17H,18-22H2,1-3H3,(H,33,35). The molecule has 0 bridgehead atoms. The van der Waals surface area contributed by atoms with E-state index in [2.05, 4.69) is 79.5 Å². The lowest BCUT2D eigenvalue weighted by Gasteiger charge is -2.23. The molecule has 1 aliphatic rings. The summed E-state index contributed by atoms with van der Waals surface area (Å²) in [4.78, 5) is 15.1. The van der Waals surface area contributed by atoms with Crippen molar-refractivity contribution in [3.63, 3.8) is 0 Å². The second-order valence-corrected chi connectivity index (χ2v) is 10.7. The fourth-order valence-corrected chi connectivity index (χ4v) is 4.50. The van der Waals surface area contributed by atoms with E-state index in [0.717, 1.165) is 30.2 Å². The number of hydrogen-bond acceptors (Lipinski definition) is 5. The first-order valence-corrected chi connectivity index (χ1v) is 12.9. The molecule has 196 valence electrons. The van der Waals surface area contributed by atoms with Crippen molar-refractivity contribution in [2.75, 3.05) is 6.79 Å². The Hall–Kier alpha value is -4.03. The van der Waals surface area contributed by atoms with Gasteiger partial charge >= 0.3 is 0 Å². The molecule has 6 nitrogen and oxygen atoms in total. The van der Waals surface area contributed by atoms with Crippen LogP contribution in [0.2, 0.25) is 0 Å². The Labute approximate surface area is 224 Å². The van der Waals surface area contributed by atoms with Crippen LogP contribution in [0, 0.1) is 0 Å². The molecule has 1 aliphatic heterocycles. The van der Waals surface area contributed by atoms with Crippen molar-refractivity contribution in [1.82, 2.24) is 10.2 Å². The highest BCUT2D eigenvalue weighted by atomic mass is 16.7. The quantitative estimate of drug-likeness (QED) is 0.281. The number of nitrogens with zero attached hydrogens (tertiary/aromatic N) is 1. The third-order valence-electron chi connectivity index (χ3n) is 6.63. The number of furan rings is 1. The van der Waals surface area contributed by atoms with E-state index in [-0.39, 0.29) is 18.1 Å². The van der Waals surface area contributed by atoms with E-state index in [1.54, 1.807) is 6.07 Å². The lowest BCUT2D eigenvalue weighted by atomic mass is 9.87. The van der Waals surface area contributed by atoms with Gasteiger partial charge in [0.05, 0.1) is 6.54 Å². The van der Waals surface area contributed by atoms with E-state index in [9.17, 15) is 4.79 Å². The van der Waals surface area contributed by atoms with E-state index in [1.807, 2.05) is 30.3 Å². The number of nitrogens with one attached hydrogen (secondary N) is 1. The zero-order chi connectivity index (χ0) is 26.5. The highest BCUT2D eigenvalue weighted by Crippen LogP contribution is 2.32. The van der Waals surface area contributed by atoms with E-state index in [4.69, 9.17) is 13.9 Å². The normalized spacial score (nSPS) is 12.6. The predicted molar refractivity (Wildman–Crippen MR) is 147 cm³/mol. The Kier molecular flexibility index (Phi) is 7.52. The third-order valence-corrected chi connectivity index (χ3v) is 6.63. The highest BCUT2D eigenvalue weighted by Gasteiger charge is 2.17. The van der Waals surface area contributed by atoms with Gasteiger partial charge in [-0.3, -0.25) is 9.69 Å². The number of benzene rings is 3. The number of amides is 1. The third kappa shape index (κ3) is 6.45. The Morgan fingerprint density at radius 3 is 2.21 bits per heavy atom. The monoisotopic (exact) mass is 510 g/mol. The summed E-state index contributed by atoms with van der Waals surface area (Å²) in [5.74, 6) is 2.22. The molecule has 5 rings (SSSR count). The van der Waals surface area contributed by atoms with E-state index in [0.29, 0.717) is 24.6 Å². The lowest BCUT2D eigenvalue weighted by molar-refractivity contribution is 0.0918. The molecule has 4 aromatic rings. The van der Waals surface area contributed by atoms with Crippen molar-refractivity contribution in [2.45, 2.75) is 52.4 Å². The van der Waals surface area contributed by atoms with Gasteiger partial charge in [0, 0.05) is 19.6 Å². The van der Waals surface area contributed by atoms with Crippen molar-refractivity contribution < 1.29 is 18.7 Å². The van der Waals surface area contributed by atoms with Crippen molar-refractivity contribution in [2.24, 2.45) is 0 Å². The topological polar surface area (TPSA) is 63.9 Å². The van der Waals surface area contributed by atoms with E-state index < -0.39 is 0 Å². The molecule has 2 heterocycles. The minimum atomic E-state index is -0.249. The van der Waals surface area contributed by atoms with Gasteiger partial charge in [-0.25, -0.2) is 0 Å². The number of carbonyl (C=O) groups is 1. The van der Waals surface area contributed by atoms with Crippen LogP contribution in [0.4, 0.5) is 0 Å². The van der Waals surface area contributed by atoms with Crippen LogP contribution in [-0.4, -0.2) is 17.6 Å². The molecule has 0 saturated carbocycles. The molecular formula is C32H34N2O4. The van der Waals surface area contributed by atoms with Crippen LogP contribution in [0.1, 0.15) is 59.3 Å². The van der Waals surface area contributed by atoms with Crippen LogP contribution in [0.5, 0.6) is 11.5 Å². The zero-order valence-corrected chi connectivity index (χ0v) is 22.2. The van der Waals surface area contributed by atoms with E-state index in [1.165, 1.54) is 16.7 Å². The zero-order valence-electron chi connectivity index (χ0n) is 22.2. The molecule has 0 aliphatic carbocycles. The molecule has 0 spiro atoms. The SMILES string of the molecule is CC(C)(C)c1ccc(CN(Cc2ccccc2)Cc2ccc(C(=O)NCc3ccc4c(c3)OCO4)o2)cc1. The number of rotatable bonds is 9. The molecule has 0 unspecified atom stereocenters. The molecule has 0 atom stereocenters. The van der Waals surface area contributed by atoms with Crippen LogP contribution < -0.4 is 14.8 Å². The first-order valence-electron chi connectivity index (χ1n) is 12.9. The average Bonchev–Trinajstić information content (AvgIpc) is 3.57. The number of ether oxygens (including phenoxy) is 2. The van der Waals surface area contributed by atoms with Crippen LogP contribution >= 0.6 is 0 Å². The molecule has 1 amide bonds. The summed E-state index contributed by atoms with van der Waals surface area (Å²) >= 11 is 0. The van der Waals surface area contributed by atoms with Crippen LogP contribution in [-0.2, 0) is 31.6 Å². The van der Waals surface area contributed by atoms with Gasteiger partial charge in [-0.15, -0.1) is 0 Å². The second kappa shape index (κ2) is 11.2. The molecule has 6 heteroatoms. The largest absolute Gasteiger partial charge is 0.455 e. The van der Waals surface area contributed by atoms with Gasteiger partial charge in [-0.05, 0) is 51.9 Å². The van der Waals surface area contributed by atoms with Gasteiger partial charge in [0.2, 0.25) is 6.79 Å². The van der Waals surface area contributed by atoms with Gasteiger partial charge < -0.3 is 19.2 Å². The van der Waals surface area contributed by atoms with Gasteiger partial charge in [-0.1, -0.05) is 81.4 Å². The Balaban J connectivity index is 1.24. The smallest absolute Gasteiger partial charge is 0.287 e. The highest BCUT2D eigenvalue weighted by molar-refractivity contribution is 5.91. The second-order valence-electron chi connectivity index (χ2n) is 10.7. The van der Waals surface area contributed by atoms with Crippen molar-refractivity contribution >= 4 is 5.91 Å². The summed E-state index contributed by atoms with van der Waals surface area (Å²) in [7, 11) is 0. The lowest BCUT2D eigenvalue weighted by Crippen LogP contribution is -2.23. The fraction of sp³-hybridized carbons (Fsp3) is 0.281. The summed E-state index contributed by atoms with van der Waals surface area (Å²) in [5.41, 5.74) is 4.84. The molecule has 3 aromatic carbocycles. The predicted octanol–water partition coefficient (Wildman–Crippen LogP) is 6.44. The summed E-state index contributed by atoms with van der Waals surface area (Å²) in [6.07, 6.45) is 0. The Morgan fingerprint density at radius 1 is 0.789 bits per heavy atom. The maximum Gasteiger partial charge on any atom is 0.287 e. The first-order chi connectivity index (χ1) is 18.3.